The van der Waals surface area contributed by atoms with Gasteiger partial charge in [-0.1, -0.05) is 0 Å². The highest BCUT2D eigenvalue weighted by molar-refractivity contribution is 5.79. The van der Waals surface area contributed by atoms with Crippen LogP contribution in [0.3, 0.4) is 0 Å². The summed E-state index contributed by atoms with van der Waals surface area (Å²) >= 11 is 0. The van der Waals surface area contributed by atoms with Gasteiger partial charge in [0.2, 0.25) is 0 Å². The second-order valence-electron chi connectivity index (χ2n) is 7.41. The average molecular weight is 297 g/mol. The zero-order chi connectivity index (χ0) is 15.7. The highest BCUT2D eigenvalue weighted by atomic mass is 16.6. The molecule has 2 fully saturated rings. The first-order chi connectivity index (χ1) is 9.76. The predicted molar refractivity (Wildman–Crippen MR) is 78.8 cm³/mol. The van der Waals surface area contributed by atoms with Crippen LogP contribution in [0.4, 0.5) is 4.79 Å². The van der Waals surface area contributed by atoms with Crippen molar-refractivity contribution in [2.45, 2.75) is 58.5 Å². The maximum Gasteiger partial charge on any atom is 0.410 e. The summed E-state index contributed by atoms with van der Waals surface area (Å²) in [6, 6.07) is 0. The summed E-state index contributed by atoms with van der Waals surface area (Å²) in [5.74, 6) is 0.282. The van der Waals surface area contributed by atoms with Gasteiger partial charge in [-0.3, -0.25) is 4.79 Å². The van der Waals surface area contributed by atoms with E-state index in [9.17, 15) is 9.59 Å². The monoisotopic (exact) mass is 297 g/mol. The molecule has 2 aliphatic rings. The minimum atomic E-state index is -0.465. The lowest BCUT2D eigenvalue weighted by Gasteiger charge is -2.35. The fourth-order valence-electron chi connectivity index (χ4n) is 3.14. The Labute approximate surface area is 127 Å². The Morgan fingerprint density at radius 1 is 1.29 bits per heavy atom. The minimum Gasteiger partial charge on any atom is -0.469 e. The molecule has 2 rings (SSSR count). The molecule has 1 heterocycles. The zero-order valence-corrected chi connectivity index (χ0v) is 13.6. The third-order valence-electron chi connectivity index (χ3n) is 4.32. The number of piperidine rings is 1. The van der Waals surface area contributed by atoms with E-state index in [2.05, 4.69) is 0 Å². The normalized spacial score (nSPS) is 24.4. The van der Waals surface area contributed by atoms with Crippen LogP contribution in [-0.4, -0.2) is 42.8 Å². The van der Waals surface area contributed by atoms with Crippen LogP contribution < -0.4 is 0 Å². The fourth-order valence-corrected chi connectivity index (χ4v) is 3.14. The Balaban J connectivity index is 1.89. The summed E-state index contributed by atoms with van der Waals surface area (Å²) < 4.78 is 10.4. The molecule has 0 spiro atoms. The van der Waals surface area contributed by atoms with Crippen molar-refractivity contribution < 1.29 is 19.1 Å². The topological polar surface area (TPSA) is 55.8 Å². The van der Waals surface area contributed by atoms with Crippen LogP contribution in [0.2, 0.25) is 0 Å². The molecule has 21 heavy (non-hydrogen) atoms. The van der Waals surface area contributed by atoms with Crippen molar-refractivity contribution >= 4 is 12.1 Å². The Kier molecular flexibility index (Phi) is 4.49. The van der Waals surface area contributed by atoms with E-state index in [4.69, 9.17) is 9.47 Å². The average Bonchev–Trinajstić information content (AvgIpc) is 3.17. The second kappa shape index (κ2) is 5.85. The molecule has 5 heteroatoms. The van der Waals surface area contributed by atoms with E-state index in [0.717, 1.165) is 38.6 Å². The van der Waals surface area contributed by atoms with E-state index in [-0.39, 0.29) is 17.5 Å². The molecule has 1 saturated carbocycles. The summed E-state index contributed by atoms with van der Waals surface area (Å²) in [6.45, 7) is 7.07. The van der Waals surface area contributed by atoms with Gasteiger partial charge in [0, 0.05) is 13.1 Å². The second-order valence-corrected chi connectivity index (χ2v) is 7.41. The third-order valence-corrected chi connectivity index (χ3v) is 4.32. The number of esters is 1. The van der Waals surface area contributed by atoms with Gasteiger partial charge >= 0.3 is 12.1 Å². The summed E-state index contributed by atoms with van der Waals surface area (Å²) in [6.07, 6.45) is 4.47. The molecule has 1 unspecified atom stereocenters. The van der Waals surface area contributed by atoms with E-state index in [1.54, 1.807) is 4.90 Å². The standard InChI is InChI=1S/C16H27NO4/c1-15(2,3)21-14(19)17-9-5-6-12(11-17)10-16(7-8-16)13(18)20-4/h12H,5-11H2,1-4H3. The number of likely N-dealkylation sites (tertiary alicyclic amines) is 1. The Morgan fingerprint density at radius 3 is 2.48 bits per heavy atom. The summed E-state index contributed by atoms with van der Waals surface area (Å²) in [7, 11) is 1.45. The highest BCUT2D eigenvalue weighted by Gasteiger charge is 2.52. The van der Waals surface area contributed by atoms with Gasteiger partial charge in [0.25, 0.3) is 0 Å². The third kappa shape index (κ3) is 4.11. The van der Waals surface area contributed by atoms with Crippen molar-refractivity contribution in [2.75, 3.05) is 20.2 Å². The number of amides is 1. The van der Waals surface area contributed by atoms with Crippen LogP contribution in [0, 0.1) is 11.3 Å². The van der Waals surface area contributed by atoms with E-state index in [1.807, 2.05) is 20.8 Å². The molecular formula is C16H27NO4. The lowest BCUT2D eigenvalue weighted by molar-refractivity contribution is -0.148. The smallest absolute Gasteiger partial charge is 0.410 e. The molecule has 0 N–H and O–H groups in total. The lowest BCUT2D eigenvalue weighted by Crippen LogP contribution is -2.43. The number of nitrogens with zero attached hydrogens (tertiary/aromatic N) is 1. The molecule has 5 nitrogen and oxygen atoms in total. The van der Waals surface area contributed by atoms with E-state index < -0.39 is 5.60 Å². The molecule has 1 aliphatic heterocycles. The van der Waals surface area contributed by atoms with Gasteiger partial charge in [-0.05, 0) is 58.8 Å². The minimum absolute atomic E-state index is 0.0862. The number of hydrogen-bond donors (Lipinski definition) is 0. The zero-order valence-electron chi connectivity index (χ0n) is 13.6. The first-order valence-corrected chi connectivity index (χ1v) is 7.82. The van der Waals surface area contributed by atoms with Gasteiger partial charge < -0.3 is 14.4 Å². The van der Waals surface area contributed by atoms with Gasteiger partial charge in [0.15, 0.2) is 0 Å². The van der Waals surface area contributed by atoms with Crippen LogP contribution >= 0.6 is 0 Å². The molecule has 0 radical (unpaired) electrons. The van der Waals surface area contributed by atoms with Gasteiger partial charge in [-0.15, -0.1) is 0 Å². The number of carbonyl (C=O) groups is 2. The summed E-state index contributed by atoms with van der Waals surface area (Å²) in [5, 5.41) is 0. The Hall–Kier alpha value is -1.26. The molecule has 0 aromatic carbocycles. The number of methoxy groups -OCH3 is 1. The SMILES string of the molecule is COC(=O)C1(CC2CCCN(C(=O)OC(C)(C)C)C2)CC1. The summed E-state index contributed by atoms with van der Waals surface area (Å²) in [5.41, 5.74) is -0.732. The van der Waals surface area contributed by atoms with Gasteiger partial charge in [-0.25, -0.2) is 4.79 Å². The molecule has 0 aromatic heterocycles. The van der Waals surface area contributed by atoms with Crippen molar-refractivity contribution in [2.24, 2.45) is 11.3 Å². The van der Waals surface area contributed by atoms with Crippen molar-refractivity contribution in [3.05, 3.63) is 0 Å². The van der Waals surface area contributed by atoms with Crippen molar-refractivity contribution in [1.82, 2.24) is 4.90 Å². The maximum absolute atomic E-state index is 12.1. The molecule has 1 aliphatic carbocycles. The Morgan fingerprint density at radius 2 is 1.95 bits per heavy atom. The highest BCUT2D eigenvalue weighted by Crippen LogP contribution is 2.52. The van der Waals surface area contributed by atoms with Gasteiger partial charge in [-0.2, -0.15) is 0 Å². The summed E-state index contributed by atoms with van der Waals surface area (Å²) in [4.78, 5) is 25.8. The lowest BCUT2D eigenvalue weighted by atomic mass is 9.86. The van der Waals surface area contributed by atoms with Crippen LogP contribution in [0.5, 0.6) is 0 Å². The molecule has 1 saturated heterocycles. The molecular weight excluding hydrogens is 270 g/mol. The predicted octanol–water partition coefficient (Wildman–Crippen LogP) is 2.98. The van der Waals surface area contributed by atoms with Crippen LogP contribution in [0.1, 0.15) is 52.9 Å². The Bertz CT molecular complexity index is 409. The molecule has 120 valence electrons. The maximum atomic E-state index is 12.1. The largest absolute Gasteiger partial charge is 0.469 e. The van der Waals surface area contributed by atoms with Crippen molar-refractivity contribution in [3.63, 3.8) is 0 Å². The van der Waals surface area contributed by atoms with E-state index >= 15 is 0 Å². The molecule has 1 atom stereocenters. The number of carbonyl (C=O) groups excluding carboxylic acids is 2. The number of ether oxygens (including phenoxy) is 2. The van der Waals surface area contributed by atoms with Crippen molar-refractivity contribution in [3.8, 4) is 0 Å². The fraction of sp³-hybridized carbons (Fsp3) is 0.875. The first kappa shape index (κ1) is 16.1. The molecule has 0 aromatic rings. The van der Waals surface area contributed by atoms with Crippen LogP contribution in [0.15, 0.2) is 0 Å². The number of rotatable bonds is 3. The van der Waals surface area contributed by atoms with E-state index in [0.29, 0.717) is 12.5 Å². The quantitative estimate of drug-likeness (QED) is 0.751. The van der Waals surface area contributed by atoms with Gasteiger partial charge in [0.1, 0.15) is 5.60 Å². The van der Waals surface area contributed by atoms with Crippen LogP contribution in [0.25, 0.3) is 0 Å². The molecule has 0 bridgehead atoms. The van der Waals surface area contributed by atoms with Crippen LogP contribution in [-0.2, 0) is 14.3 Å². The van der Waals surface area contributed by atoms with E-state index in [1.165, 1.54) is 7.11 Å². The first-order valence-electron chi connectivity index (χ1n) is 7.82. The van der Waals surface area contributed by atoms with Crippen molar-refractivity contribution in [1.29, 1.82) is 0 Å². The number of hydrogen-bond acceptors (Lipinski definition) is 4. The molecule has 1 amide bonds. The van der Waals surface area contributed by atoms with Gasteiger partial charge in [0.05, 0.1) is 12.5 Å².